The van der Waals surface area contributed by atoms with Gasteiger partial charge in [-0.2, -0.15) is 0 Å². The third-order valence-electron chi connectivity index (χ3n) is 2.99. The van der Waals surface area contributed by atoms with Crippen molar-refractivity contribution in [3.05, 3.63) is 30.1 Å². The Labute approximate surface area is 97.7 Å². The van der Waals surface area contributed by atoms with Gasteiger partial charge in [-0.15, -0.1) is 6.42 Å². The van der Waals surface area contributed by atoms with Crippen molar-refractivity contribution in [2.45, 2.75) is 19.3 Å². The smallest absolute Gasteiger partial charge is 0.0599 e. The molecule has 2 heteroatoms. The average Bonchev–Trinajstić information content (AvgIpc) is 3.12. The molecule has 0 unspecified atom stereocenters. The summed E-state index contributed by atoms with van der Waals surface area (Å²) in [6.45, 7) is 3.02. The summed E-state index contributed by atoms with van der Waals surface area (Å²) in [5, 5.41) is 0. The average molecular weight is 214 g/mol. The maximum absolute atomic E-state index is 5.39. The fourth-order valence-electron chi connectivity index (χ4n) is 1.87. The topological polar surface area (TPSA) is 16.1 Å². The minimum atomic E-state index is 0.779. The molecular formula is C14H18N2. The maximum Gasteiger partial charge on any atom is 0.0599 e. The first kappa shape index (κ1) is 11.2. The molecule has 0 radical (unpaired) electrons. The van der Waals surface area contributed by atoms with Gasteiger partial charge in [-0.25, -0.2) is 0 Å². The van der Waals surface area contributed by atoms with Crippen LogP contribution in [0.4, 0.5) is 0 Å². The standard InChI is InChI=1S/C14H18N2/c1-2-10-16(12-14-3-4-14)11-7-13-5-8-15-9-6-13/h1,5-6,8-9,14H,3-4,7,10-12H2. The second-order valence-corrected chi connectivity index (χ2v) is 4.49. The highest BCUT2D eigenvalue weighted by Crippen LogP contribution is 2.29. The summed E-state index contributed by atoms with van der Waals surface area (Å²) >= 11 is 0. The van der Waals surface area contributed by atoms with Gasteiger partial charge in [0.2, 0.25) is 0 Å². The molecular weight excluding hydrogens is 196 g/mol. The lowest BCUT2D eigenvalue weighted by molar-refractivity contribution is 0.298. The third kappa shape index (κ3) is 3.67. The third-order valence-corrected chi connectivity index (χ3v) is 2.99. The molecule has 0 amide bonds. The van der Waals surface area contributed by atoms with Gasteiger partial charge >= 0.3 is 0 Å². The van der Waals surface area contributed by atoms with Crippen LogP contribution in [0.25, 0.3) is 0 Å². The molecule has 0 atom stereocenters. The minimum absolute atomic E-state index is 0.779. The molecule has 1 aliphatic rings. The summed E-state index contributed by atoms with van der Waals surface area (Å²) in [7, 11) is 0. The lowest BCUT2D eigenvalue weighted by atomic mass is 10.2. The van der Waals surface area contributed by atoms with E-state index >= 15 is 0 Å². The van der Waals surface area contributed by atoms with E-state index in [-0.39, 0.29) is 0 Å². The first-order valence-electron chi connectivity index (χ1n) is 5.93. The second kappa shape index (κ2) is 5.67. The molecule has 0 bridgehead atoms. The van der Waals surface area contributed by atoms with Crippen molar-refractivity contribution in [2.75, 3.05) is 19.6 Å². The Morgan fingerprint density at radius 3 is 2.75 bits per heavy atom. The summed E-state index contributed by atoms with van der Waals surface area (Å²) in [6.07, 6.45) is 12.9. The molecule has 1 fully saturated rings. The fraction of sp³-hybridized carbons (Fsp3) is 0.500. The van der Waals surface area contributed by atoms with Gasteiger partial charge in [0.05, 0.1) is 6.54 Å². The van der Waals surface area contributed by atoms with E-state index in [0.717, 1.165) is 25.4 Å². The van der Waals surface area contributed by atoms with Crippen molar-refractivity contribution in [1.82, 2.24) is 9.88 Å². The van der Waals surface area contributed by atoms with Crippen LogP contribution in [0.2, 0.25) is 0 Å². The van der Waals surface area contributed by atoms with Crippen molar-refractivity contribution >= 4 is 0 Å². The van der Waals surface area contributed by atoms with Gasteiger partial charge in [-0.3, -0.25) is 9.88 Å². The Bertz CT molecular complexity index is 349. The highest BCUT2D eigenvalue weighted by molar-refractivity contribution is 5.10. The van der Waals surface area contributed by atoms with Gasteiger partial charge in [-0.1, -0.05) is 5.92 Å². The van der Waals surface area contributed by atoms with E-state index in [9.17, 15) is 0 Å². The highest BCUT2D eigenvalue weighted by atomic mass is 15.1. The van der Waals surface area contributed by atoms with Crippen LogP contribution in [0.3, 0.4) is 0 Å². The predicted octanol–water partition coefficient (Wildman–Crippen LogP) is 1.97. The Balaban J connectivity index is 1.79. The van der Waals surface area contributed by atoms with Crippen molar-refractivity contribution < 1.29 is 0 Å². The first-order valence-corrected chi connectivity index (χ1v) is 5.93. The molecule has 0 spiro atoms. The SMILES string of the molecule is C#CCN(CCc1ccncc1)CC1CC1. The van der Waals surface area contributed by atoms with Crippen LogP contribution in [-0.4, -0.2) is 29.5 Å². The van der Waals surface area contributed by atoms with E-state index in [1.807, 2.05) is 12.4 Å². The van der Waals surface area contributed by atoms with Crippen LogP contribution in [0.5, 0.6) is 0 Å². The zero-order chi connectivity index (χ0) is 11.2. The van der Waals surface area contributed by atoms with E-state index in [1.165, 1.54) is 24.9 Å². The summed E-state index contributed by atoms with van der Waals surface area (Å²) in [5.41, 5.74) is 1.34. The maximum atomic E-state index is 5.39. The molecule has 0 aliphatic heterocycles. The summed E-state index contributed by atoms with van der Waals surface area (Å²) < 4.78 is 0. The lowest BCUT2D eigenvalue weighted by Gasteiger charge is -2.19. The van der Waals surface area contributed by atoms with Crippen molar-refractivity contribution in [1.29, 1.82) is 0 Å². The summed E-state index contributed by atoms with van der Waals surface area (Å²) in [6, 6.07) is 4.15. The Kier molecular flexibility index (Phi) is 3.96. The minimum Gasteiger partial charge on any atom is -0.292 e. The fourth-order valence-corrected chi connectivity index (χ4v) is 1.87. The zero-order valence-corrected chi connectivity index (χ0v) is 9.60. The molecule has 2 rings (SSSR count). The lowest BCUT2D eigenvalue weighted by Crippen LogP contribution is -2.28. The van der Waals surface area contributed by atoms with Crippen molar-refractivity contribution in [3.8, 4) is 12.3 Å². The van der Waals surface area contributed by atoms with E-state index in [2.05, 4.69) is 27.9 Å². The van der Waals surface area contributed by atoms with Crippen molar-refractivity contribution in [3.63, 3.8) is 0 Å². The molecule has 16 heavy (non-hydrogen) atoms. The molecule has 0 N–H and O–H groups in total. The number of rotatable bonds is 6. The van der Waals surface area contributed by atoms with Crippen LogP contribution in [-0.2, 0) is 6.42 Å². The zero-order valence-electron chi connectivity index (χ0n) is 9.60. The van der Waals surface area contributed by atoms with Gasteiger partial charge in [0.25, 0.3) is 0 Å². The quantitative estimate of drug-likeness (QED) is 0.673. The predicted molar refractivity (Wildman–Crippen MR) is 65.9 cm³/mol. The Morgan fingerprint density at radius 2 is 2.12 bits per heavy atom. The Morgan fingerprint density at radius 1 is 1.38 bits per heavy atom. The molecule has 1 heterocycles. The molecule has 0 saturated heterocycles. The number of hydrogen-bond donors (Lipinski definition) is 0. The molecule has 1 aromatic rings. The Hall–Kier alpha value is -1.33. The highest BCUT2D eigenvalue weighted by Gasteiger charge is 2.23. The normalized spacial score (nSPS) is 15.0. The van der Waals surface area contributed by atoms with E-state index in [0.29, 0.717) is 0 Å². The molecule has 2 nitrogen and oxygen atoms in total. The number of nitrogens with zero attached hydrogens (tertiary/aromatic N) is 2. The monoisotopic (exact) mass is 214 g/mol. The van der Waals surface area contributed by atoms with E-state index in [1.54, 1.807) is 0 Å². The van der Waals surface area contributed by atoms with Gasteiger partial charge < -0.3 is 0 Å². The van der Waals surface area contributed by atoms with Crippen LogP contribution in [0.1, 0.15) is 18.4 Å². The van der Waals surface area contributed by atoms with Crippen molar-refractivity contribution in [2.24, 2.45) is 5.92 Å². The van der Waals surface area contributed by atoms with Gasteiger partial charge in [0, 0.05) is 25.5 Å². The summed E-state index contributed by atoms with van der Waals surface area (Å²) in [5.74, 6) is 3.66. The molecule has 1 aliphatic carbocycles. The molecule has 0 aromatic carbocycles. The molecule has 84 valence electrons. The number of aromatic nitrogens is 1. The van der Waals surface area contributed by atoms with Gasteiger partial charge in [0.15, 0.2) is 0 Å². The van der Waals surface area contributed by atoms with Crippen LogP contribution < -0.4 is 0 Å². The first-order chi connectivity index (χ1) is 7.88. The van der Waals surface area contributed by atoms with E-state index in [4.69, 9.17) is 6.42 Å². The second-order valence-electron chi connectivity index (χ2n) is 4.49. The van der Waals surface area contributed by atoms with Gasteiger partial charge in [0.1, 0.15) is 0 Å². The molecule has 1 aromatic heterocycles. The van der Waals surface area contributed by atoms with Crippen LogP contribution in [0, 0.1) is 18.3 Å². The van der Waals surface area contributed by atoms with E-state index < -0.39 is 0 Å². The number of hydrogen-bond acceptors (Lipinski definition) is 2. The van der Waals surface area contributed by atoms with Crippen LogP contribution >= 0.6 is 0 Å². The number of pyridine rings is 1. The largest absolute Gasteiger partial charge is 0.292 e. The summed E-state index contributed by atoms with van der Waals surface area (Å²) in [4.78, 5) is 6.41. The molecule has 1 saturated carbocycles. The van der Waals surface area contributed by atoms with Crippen LogP contribution in [0.15, 0.2) is 24.5 Å². The van der Waals surface area contributed by atoms with Gasteiger partial charge in [-0.05, 0) is 42.9 Å². The number of terminal acetylenes is 1.